The normalized spacial score (nSPS) is 27.9. The number of hydrogen-bond acceptors (Lipinski definition) is 1. The van der Waals surface area contributed by atoms with E-state index in [2.05, 4.69) is 81.5 Å². The van der Waals surface area contributed by atoms with Gasteiger partial charge in [0.25, 0.3) is 0 Å². The van der Waals surface area contributed by atoms with Gasteiger partial charge in [0.1, 0.15) is 12.1 Å². The van der Waals surface area contributed by atoms with E-state index in [1.165, 1.54) is 22.3 Å². The molecule has 3 rings (SSSR count). The maximum Gasteiger partial charge on any atom is 0.151 e. The van der Waals surface area contributed by atoms with Gasteiger partial charge in [-0.3, -0.25) is 4.79 Å². The summed E-state index contributed by atoms with van der Waals surface area (Å²) in [7, 11) is 0. The van der Waals surface area contributed by atoms with Gasteiger partial charge in [0.15, 0.2) is 5.78 Å². The minimum atomic E-state index is 0.0504. The van der Waals surface area contributed by atoms with Crippen molar-refractivity contribution in [3.05, 3.63) is 70.8 Å². The molecule has 1 heterocycles. The van der Waals surface area contributed by atoms with Crippen LogP contribution in [0, 0.1) is 25.7 Å². The van der Waals surface area contributed by atoms with E-state index in [9.17, 15) is 4.79 Å². The Morgan fingerprint density at radius 1 is 0.696 bits per heavy atom. The van der Waals surface area contributed by atoms with Gasteiger partial charge >= 0.3 is 0 Å². The minimum Gasteiger partial charge on any atom is -0.333 e. The van der Waals surface area contributed by atoms with E-state index in [1.807, 2.05) is 0 Å². The highest BCUT2D eigenvalue weighted by molar-refractivity contribution is 5.84. The first kappa shape index (κ1) is 15.9. The third-order valence-electron chi connectivity index (χ3n) is 5.31. The molecule has 1 aliphatic heterocycles. The topological polar surface area (TPSA) is 33.7 Å². The number of rotatable bonds is 2. The molecular weight excluding hydrogens is 282 g/mol. The molecule has 0 radical (unpaired) electrons. The quantitative estimate of drug-likeness (QED) is 0.905. The zero-order chi connectivity index (χ0) is 16.6. The van der Waals surface area contributed by atoms with Crippen LogP contribution in [0.5, 0.6) is 0 Å². The van der Waals surface area contributed by atoms with Gasteiger partial charge in [-0.05, 0) is 27.7 Å². The summed E-state index contributed by atoms with van der Waals surface area (Å²) in [6.45, 7) is 8.34. The van der Waals surface area contributed by atoms with Gasteiger partial charge in [0.2, 0.25) is 0 Å². The van der Waals surface area contributed by atoms with Gasteiger partial charge in [0, 0.05) is 11.1 Å². The Labute approximate surface area is 138 Å². The molecule has 2 nitrogen and oxygen atoms in total. The second-order valence-electron chi connectivity index (χ2n) is 7.05. The number of carbonyl (C=O) groups is 1. The highest BCUT2D eigenvalue weighted by Crippen LogP contribution is 2.32. The number of benzene rings is 2. The molecule has 23 heavy (non-hydrogen) atoms. The Balaban J connectivity index is 1.94. The molecule has 0 aliphatic carbocycles. The van der Waals surface area contributed by atoms with Gasteiger partial charge in [-0.1, -0.05) is 59.7 Å². The summed E-state index contributed by atoms with van der Waals surface area (Å²) in [5.74, 6) is 0.479. The molecule has 120 valence electrons. The minimum absolute atomic E-state index is 0.0504. The van der Waals surface area contributed by atoms with Crippen molar-refractivity contribution in [3.63, 3.8) is 0 Å². The SMILES string of the molecule is Cc1ccc([C@H]2[NH2+][C@@H](c3ccc(C)cc3)[C@H](C)C(=O)[C@@H]2C)cc1. The van der Waals surface area contributed by atoms with Crippen molar-refractivity contribution in [2.45, 2.75) is 39.8 Å². The fourth-order valence-electron chi connectivity index (χ4n) is 3.70. The molecule has 1 saturated heterocycles. The molecule has 0 amide bonds. The molecule has 2 heteroatoms. The van der Waals surface area contributed by atoms with Gasteiger partial charge in [0.05, 0.1) is 11.8 Å². The predicted molar refractivity (Wildman–Crippen MR) is 93.1 cm³/mol. The van der Waals surface area contributed by atoms with Crippen LogP contribution in [0.15, 0.2) is 48.5 Å². The van der Waals surface area contributed by atoms with Crippen molar-refractivity contribution in [3.8, 4) is 0 Å². The molecule has 2 N–H and O–H groups in total. The van der Waals surface area contributed by atoms with Crippen molar-refractivity contribution in [2.24, 2.45) is 11.8 Å². The summed E-state index contributed by atoms with van der Waals surface area (Å²) >= 11 is 0. The van der Waals surface area contributed by atoms with Crippen LogP contribution in [0.1, 0.15) is 48.2 Å². The number of piperidine rings is 1. The summed E-state index contributed by atoms with van der Waals surface area (Å²) in [5, 5.41) is 2.39. The van der Waals surface area contributed by atoms with E-state index >= 15 is 0 Å². The maximum absolute atomic E-state index is 12.8. The molecule has 2 aromatic rings. The highest BCUT2D eigenvalue weighted by Gasteiger charge is 2.43. The van der Waals surface area contributed by atoms with Crippen molar-refractivity contribution in [1.29, 1.82) is 0 Å². The summed E-state index contributed by atoms with van der Waals surface area (Å²) in [4.78, 5) is 12.8. The summed E-state index contributed by atoms with van der Waals surface area (Å²) in [5.41, 5.74) is 5.01. The Morgan fingerprint density at radius 3 is 1.39 bits per heavy atom. The van der Waals surface area contributed by atoms with Crippen molar-refractivity contribution in [1.82, 2.24) is 0 Å². The molecule has 1 fully saturated rings. The predicted octanol–water partition coefficient (Wildman–Crippen LogP) is 3.50. The van der Waals surface area contributed by atoms with Crippen LogP contribution in [-0.2, 0) is 4.79 Å². The molecule has 1 aliphatic rings. The maximum atomic E-state index is 12.8. The molecule has 0 unspecified atom stereocenters. The van der Waals surface area contributed by atoms with Crippen LogP contribution < -0.4 is 5.32 Å². The number of carbonyl (C=O) groups excluding carboxylic acids is 1. The number of nitrogens with two attached hydrogens (primary N) is 1. The van der Waals surface area contributed by atoms with Crippen LogP contribution in [0.2, 0.25) is 0 Å². The van der Waals surface area contributed by atoms with Crippen molar-refractivity contribution >= 4 is 5.78 Å². The molecule has 0 aromatic heterocycles. The van der Waals surface area contributed by atoms with Crippen molar-refractivity contribution in [2.75, 3.05) is 0 Å². The number of quaternary nitrogens is 1. The van der Waals surface area contributed by atoms with E-state index < -0.39 is 0 Å². The zero-order valence-electron chi connectivity index (χ0n) is 14.4. The van der Waals surface area contributed by atoms with Crippen LogP contribution in [-0.4, -0.2) is 5.78 Å². The lowest BCUT2D eigenvalue weighted by Crippen LogP contribution is -2.91. The fourth-order valence-corrected chi connectivity index (χ4v) is 3.70. The number of ketones is 1. The van der Waals surface area contributed by atoms with Crippen LogP contribution in [0.4, 0.5) is 0 Å². The average molecular weight is 308 g/mol. The number of Topliss-reactive ketones (excluding diaryl/α,β-unsaturated/α-hetero) is 1. The second-order valence-corrected chi connectivity index (χ2v) is 7.05. The highest BCUT2D eigenvalue weighted by atomic mass is 16.1. The molecule has 2 aromatic carbocycles. The van der Waals surface area contributed by atoms with Gasteiger partial charge in [-0.25, -0.2) is 0 Å². The van der Waals surface area contributed by atoms with E-state index in [0.717, 1.165) is 0 Å². The lowest BCUT2D eigenvalue weighted by molar-refractivity contribution is -0.748. The Bertz CT molecular complexity index is 627. The van der Waals surface area contributed by atoms with Gasteiger partial charge in [-0.15, -0.1) is 0 Å². The van der Waals surface area contributed by atoms with E-state index in [-0.39, 0.29) is 23.9 Å². The van der Waals surface area contributed by atoms with Crippen LogP contribution in [0.25, 0.3) is 0 Å². The van der Waals surface area contributed by atoms with E-state index in [1.54, 1.807) is 0 Å². The molecular formula is C21H26NO+. The molecule has 0 spiro atoms. The smallest absolute Gasteiger partial charge is 0.151 e. The standard InChI is InChI=1S/C21H25NO/c1-13-5-9-17(10-6-13)19-15(3)21(23)16(4)20(22-19)18-11-7-14(2)8-12-18/h5-12,15-16,19-20,22H,1-4H3/p+1/t15-,16+,19+,20-. The lowest BCUT2D eigenvalue weighted by Gasteiger charge is -2.36. The summed E-state index contributed by atoms with van der Waals surface area (Å²) < 4.78 is 0. The lowest BCUT2D eigenvalue weighted by atomic mass is 9.76. The average Bonchev–Trinajstić information content (AvgIpc) is 2.55. The Hall–Kier alpha value is -1.93. The molecule has 0 saturated carbocycles. The first-order chi connectivity index (χ1) is 11.0. The third kappa shape index (κ3) is 3.09. The zero-order valence-corrected chi connectivity index (χ0v) is 14.4. The molecule has 4 atom stereocenters. The largest absolute Gasteiger partial charge is 0.333 e. The number of aryl methyl sites for hydroxylation is 2. The van der Waals surface area contributed by atoms with Crippen LogP contribution in [0.3, 0.4) is 0 Å². The Morgan fingerprint density at radius 2 is 1.04 bits per heavy atom. The van der Waals surface area contributed by atoms with Gasteiger partial charge in [-0.2, -0.15) is 0 Å². The summed E-state index contributed by atoms with van der Waals surface area (Å²) in [6.07, 6.45) is 0. The van der Waals surface area contributed by atoms with Crippen LogP contribution >= 0.6 is 0 Å². The first-order valence-corrected chi connectivity index (χ1v) is 8.49. The van der Waals surface area contributed by atoms with Gasteiger partial charge < -0.3 is 5.32 Å². The monoisotopic (exact) mass is 308 g/mol. The van der Waals surface area contributed by atoms with E-state index in [0.29, 0.717) is 5.78 Å². The number of hydrogen-bond donors (Lipinski definition) is 1. The Kier molecular flexibility index (Phi) is 4.36. The summed E-state index contributed by atoms with van der Waals surface area (Å²) in [6, 6.07) is 17.6. The molecule has 0 bridgehead atoms. The second kappa shape index (κ2) is 6.29. The fraction of sp³-hybridized carbons (Fsp3) is 0.381. The first-order valence-electron chi connectivity index (χ1n) is 8.49. The van der Waals surface area contributed by atoms with E-state index in [4.69, 9.17) is 0 Å². The van der Waals surface area contributed by atoms with Crippen molar-refractivity contribution < 1.29 is 10.1 Å². The third-order valence-corrected chi connectivity index (χ3v) is 5.31.